The summed E-state index contributed by atoms with van der Waals surface area (Å²) in [5.74, 6) is 0.764. The van der Waals surface area contributed by atoms with Crippen LogP contribution in [-0.4, -0.2) is 33.0 Å². The van der Waals surface area contributed by atoms with Crippen LogP contribution in [-0.2, 0) is 10.0 Å². The molecule has 1 aromatic rings. The van der Waals surface area contributed by atoms with Crippen LogP contribution in [0.2, 0.25) is 19.6 Å². The maximum absolute atomic E-state index is 13.5. The highest BCUT2D eigenvalue weighted by Crippen LogP contribution is 2.41. The van der Waals surface area contributed by atoms with Crippen molar-refractivity contribution in [3.63, 3.8) is 0 Å². The topological polar surface area (TPSA) is 37.1 Å². The minimum absolute atomic E-state index is 0.186. The smallest absolute Gasteiger partial charge is 0.207 e. The first-order valence-electron chi connectivity index (χ1n) is 9.48. The van der Waals surface area contributed by atoms with Crippen LogP contribution in [0.5, 0.6) is 0 Å². The van der Waals surface area contributed by atoms with Gasteiger partial charge < -0.3 is 0 Å². The van der Waals surface area contributed by atoms with Crippen molar-refractivity contribution < 1.29 is 8.42 Å². The second-order valence-corrected chi connectivity index (χ2v) is 16.7. The fourth-order valence-corrected chi connectivity index (χ4v) is 8.60. The summed E-state index contributed by atoms with van der Waals surface area (Å²) in [5.41, 5.74) is 3.44. The molecule has 1 aliphatic rings. The van der Waals surface area contributed by atoms with Gasteiger partial charge in [0.1, 0.15) is 0 Å². The van der Waals surface area contributed by atoms with Gasteiger partial charge in [0, 0.05) is 12.2 Å². The zero-order chi connectivity index (χ0) is 19.3. The van der Waals surface area contributed by atoms with Crippen molar-refractivity contribution in [1.82, 2.24) is 4.31 Å². The summed E-state index contributed by atoms with van der Waals surface area (Å²) in [4.78, 5) is 0.586. The molecule has 2 atom stereocenters. The number of benzene rings is 1. The normalized spacial score (nSPS) is 21.4. The van der Waals surface area contributed by atoms with Crippen molar-refractivity contribution in [1.29, 1.82) is 0 Å². The molecule has 0 radical (unpaired) electrons. The molecule has 0 spiro atoms. The van der Waals surface area contributed by atoms with E-state index in [4.69, 9.17) is 0 Å². The monoisotopic (exact) mass is 381 g/mol. The molecule has 1 saturated heterocycles. The van der Waals surface area contributed by atoms with Gasteiger partial charge in [-0.05, 0) is 34.4 Å². The Labute approximate surface area is 155 Å². The number of nitrogens with zero attached hydrogens (tertiary/aromatic N) is 1. The Balaban J connectivity index is 2.67. The average Bonchev–Trinajstić information content (AvgIpc) is 3.26. The molecule has 1 aliphatic heterocycles. The van der Waals surface area contributed by atoms with Crippen LogP contribution in [0.3, 0.4) is 0 Å². The minimum atomic E-state index is -3.42. The zero-order valence-corrected chi connectivity index (χ0v) is 19.2. The predicted molar refractivity (Wildman–Crippen MR) is 110 cm³/mol. The molecule has 0 N–H and O–H groups in total. The summed E-state index contributed by atoms with van der Waals surface area (Å²) in [5, 5.41) is 0. The highest BCUT2D eigenvalue weighted by molar-refractivity contribution is 7.89. The number of rotatable bonds is 6. The zero-order valence-electron chi connectivity index (χ0n) is 17.3. The second kappa shape index (κ2) is 6.82. The fraction of sp³-hybridized carbons (Fsp3) is 0.700. The first-order valence-corrected chi connectivity index (χ1v) is 14.5. The van der Waals surface area contributed by atoms with Gasteiger partial charge in [-0.1, -0.05) is 73.3 Å². The van der Waals surface area contributed by atoms with E-state index in [-0.39, 0.29) is 17.5 Å². The van der Waals surface area contributed by atoms with E-state index in [9.17, 15) is 8.42 Å². The quantitative estimate of drug-likeness (QED) is 0.495. The Bertz CT molecular complexity index is 716. The van der Waals surface area contributed by atoms with E-state index >= 15 is 0 Å². The van der Waals surface area contributed by atoms with Gasteiger partial charge in [0.05, 0.1) is 13.0 Å². The lowest BCUT2D eigenvalue weighted by molar-refractivity contribution is 0.554. The maximum atomic E-state index is 13.5. The molecule has 1 heterocycles. The van der Waals surface area contributed by atoms with E-state index in [0.717, 1.165) is 11.1 Å². The highest BCUT2D eigenvalue weighted by atomic mass is 32.2. The van der Waals surface area contributed by atoms with Crippen LogP contribution < -0.4 is 0 Å². The lowest BCUT2D eigenvalue weighted by Crippen LogP contribution is -2.34. The summed E-state index contributed by atoms with van der Waals surface area (Å²) in [7, 11) is -4.92. The van der Waals surface area contributed by atoms with Crippen LogP contribution in [0.1, 0.15) is 76.0 Å². The van der Waals surface area contributed by atoms with Gasteiger partial charge in [-0.25, -0.2) is 8.42 Å². The standard InChI is InChI=1S/C20H35NO2SSi/c1-13(2)16-10-17(14(3)4)20(18(11-16)15(5)6)24(22,23)21-12-19(21)25(7,8)9/h10-11,13-15,19H,12H2,1-9H3. The molecule has 1 aromatic carbocycles. The maximum Gasteiger partial charge on any atom is 0.243 e. The largest absolute Gasteiger partial charge is 0.243 e. The molecule has 2 rings (SSSR count). The lowest BCUT2D eigenvalue weighted by atomic mass is 9.89. The highest BCUT2D eigenvalue weighted by Gasteiger charge is 2.52. The first-order chi connectivity index (χ1) is 11.3. The summed E-state index contributed by atoms with van der Waals surface area (Å²) < 4.78 is 28.8. The third-order valence-electron chi connectivity index (χ3n) is 5.21. The summed E-state index contributed by atoms with van der Waals surface area (Å²) in [6.07, 6.45) is 0. The van der Waals surface area contributed by atoms with Gasteiger partial charge in [0.15, 0.2) is 0 Å². The molecule has 1 fully saturated rings. The van der Waals surface area contributed by atoms with Crippen molar-refractivity contribution in [3.05, 3.63) is 28.8 Å². The van der Waals surface area contributed by atoms with Crippen LogP contribution in [0, 0.1) is 0 Å². The molecule has 0 aliphatic carbocycles. The average molecular weight is 382 g/mol. The second-order valence-electron chi connectivity index (χ2n) is 9.45. The fourth-order valence-electron chi connectivity index (χ4n) is 3.40. The van der Waals surface area contributed by atoms with Crippen LogP contribution in [0.4, 0.5) is 0 Å². The molecule has 0 aromatic heterocycles. The molecule has 5 heteroatoms. The predicted octanol–water partition coefficient (Wildman–Crippen LogP) is 5.31. The van der Waals surface area contributed by atoms with Crippen LogP contribution >= 0.6 is 0 Å². The lowest BCUT2D eigenvalue weighted by Gasteiger charge is -2.24. The van der Waals surface area contributed by atoms with E-state index in [0.29, 0.717) is 17.4 Å². The van der Waals surface area contributed by atoms with E-state index < -0.39 is 18.1 Å². The summed E-state index contributed by atoms with van der Waals surface area (Å²) in [6.45, 7) is 20.2. The van der Waals surface area contributed by atoms with E-state index in [1.54, 1.807) is 4.31 Å². The Morgan fingerprint density at radius 1 is 0.920 bits per heavy atom. The van der Waals surface area contributed by atoms with Gasteiger partial charge in [-0.15, -0.1) is 0 Å². The molecule has 3 nitrogen and oxygen atoms in total. The summed E-state index contributed by atoms with van der Waals surface area (Å²) >= 11 is 0. The molecule has 0 bridgehead atoms. The van der Waals surface area contributed by atoms with Crippen molar-refractivity contribution in [3.8, 4) is 0 Å². The van der Waals surface area contributed by atoms with Gasteiger partial charge in [0.25, 0.3) is 0 Å². The molecular formula is C20H35NO2SSi. The molecule has 0 amide bonds. The van der Waals surface area contributed by atoms with Gasteiger partial charge >= 0.3 is 0 Å². The van der Waals surface area contributed by atoms with E-state index in [1.807, 2.05) is 0 Å². The summed E-state index contributed by atoms with van der Waals surface area (Å²) in [6, 6.07) is 4.25. The number of hydrogen-bond donors (Lipinski definition) is 0. The van der Waals surface area contributed by atoms with Crippen molar-refractivity contribution in [2.45, 2.75) is 89.5 Å². The van der Waals surface area contributed by atoms with E-state index in [2.05, 4.69) is 73.3 Å². The van der Waals surface area contributed by atoms with Gasteiger partial charge in [0.2, 0.25) is 10.0 Å². The molecule has 2 unspecified atom stereocenters. The Morgan fingerprint density at radius 3 is 1.64 bits per heavy atom. The molecule has 25 heavy (non-hydrogen) atoms. The first kappa shape index (κ1) is 20.7. The Hall–Kier alpha value is -0.653. The van der Waals surface area contributed by atoms with Crippen molar-refractivity contribution in [2.75, 3.05) is 6.54 Å². The van der Waals surface area contributed by atoms with Crippen molar-refractivity contribution >= 4 is 18.1 Å². The van der Waals surface area contributed by atoms with E-state index in [1.165, 1.54) is 5.56 Å². The minimum Gasteiger partial charge on any atom is -0.207 e. The van der Waals surface area contributed by atoms with Crippen molar-refractivity contribution in [2.24, 2.45) is 0 Å². The number of hydrogen-bond acceptors (Lipinski definition) is 2. The van der Waals surface area contributed by atoms with Crippen LogP contribution in [0.25, 0.3) is 0 Å². The Kier molecular flexibility index (Phi) is 5.63. The molecule has 142 valence electrons. The molecule has 0 saturated carbocycles. The number of sulfonamides is 1. The van der Waals surface area contributed by atoms with Gasteiger partial charge in [-0.3, -0.25) is 0 Å². The Morgan fingerprint density at radius 2 is 1.36 bits per heavy atom. The molecular weight excluding hydrogens is 346 g/mol. The van der Waals surface area contributed by atoms with Crippen LogP contribution in [0.15, 0.2) is 17.0 Å². The SMILES string of the molecule is CC(C)c1cc(C(C)C)c(S(=O)(=O)N2CC2[Si](C)(C)C)c(C(C)C)c1. The third-order valence-corrected chi connectivity index (χ3v) is 9.90. The van der Waals surface area contributed by atoms with Gasteiger partial charge in [-0.2, -0.15) is 4.31 Å². The third kappa shape index (κ3) is 4.04.